The molecule has 1 N–H and O–H groups in total. The van der Waals surface area contributed by atoms with Crippen LogP contribution in [-0.2, 0) is 4.79 Å². The maximum Gasteiger partial charge on any atom is 0.277 e. The van der Waals surface area contributed by atoms with Gasteiger partial charge in [0.15, 0.2) is 6.61 Å². The molecule has 0 radical (unpaired) electrons. The van der Waals surface area contributed by atoms with Crippen molar-refractivity contribution in [3.8, 4) is 5.75 Å². The maximum absolute atomic E-state index is 11.5. The summed E-state index contributed by atoms with van der Waals surface area (Å²) in [5, 5.41) is 4.29. The summed E-state index contributed by atoms with van der Waals surface area (Å²) in [6.07, 6.45) is 6.39. The number of amides is 1. The van der Waals surface area contributed by atoms with Gasteiger partial charge >= 0.3 is 0 Å². The number of hydrogen-bond donors (Lipinski definition) is 1. The van der Waals surface area contributed by atoms with Crippen molar-refractivity contribution >= 4 is 29.8 Å². The smallest absolute Gasteiger partial charge is 0.277 e. The lowest BCUT2D eigenvalue weighted by molar-refractivity contribution is -0.123. The van der Waals surface area contributed by atoms with Gasteiger partial charge in [-0.2, -0.15) is 5.10 Å². The minimum atomic E-state index is -0.363. The van der Waals surface area contributed by atoms with Gasteiger partial charge in [0.25, 0.3) is 5.91 Å². The normalized spacial score (nSPS) is 11.1. The Kier molecular flexibility index (Phi) is 5.60. The molecule has 0 fully saturated rings. The van der Waals surface area contributed by atoms with E-state index in [0.29, 0.717) is 16.5 Å². The summed E-state index contributed by atoms with van der Waals surface area (Å²) in [5.74, 6) is 0.869. The zero-order chi connectivity index (χ0) is 14.9. The summed E-state index contributed by atoms with van der Waals surface area (Å²) in [6.45, 7) is -0.139. The molecule has 1 heterocycles. The van der Waals surface area contributed by atoms with Crippen LogP contribution in [0.25, 0.3) is 6.08 Å². The van der Waals surface area contributed by atoms with Crippen molar-refractivity contribution in [2.24, 2.45) is 5.10 Å². The molecule has 2 rings (SSSR count). The number of rotatable bonds is 6. The van der Waals surface area contributed by atoms with Crippen molar-refractivity contribution in [2.75, 3.05) is 6.61 Å². The molecular formula is C15H13ClN2O3. The van der Waals surface area contributed by atoms with Crippen LogP contribution in [0, 0.1) is 0 Å². The summed E-state index contributed by atoms with van der Waals surface area (Å²) in [5.41, 5.74) is 2.34. The van der Waals surface area contributed by atoms with Crippen molar-refractivity contribution in [1.82, 2.24) is 5.43 Å². The average molecular weight is 305 g/mol. The Balaban J connectivity index is 1.70. The third kappa shape index (κ3) is 5.54. The van der Waals surface area contributed by atoms with Gasteiger partial charge in [-0.25, -0.2) is 5.43 Å². The minimum absolute atomic E-state index is 0.139. The Morgan fingerprint density at radius 3 is 3.05 bits per heavy atom. The van der Waals surface area contributed by atoms with Crippen molar-refractivity contribution in [3.05, 3.63) is 59.5 Å². The standard InChI is InChI=1S/C15H13ClN2O3/c16-12-4-1-5-14(10-12)21-11-15(19)18-17-8-2-6-13-7-3-9-20-13/h1-10H,11H2,(H,18,19)/b6-2+,17-8+. The molecule has 0 spiro atoms. The van der Waals surface area contributed by atoms with Crippen molar-refractivity contribution in [3.63, 3.8) is 0 Å². The molecule has 108 valence electrons. The topological polar surface area (TPSA) is 63.8 Å². The monoisotopic (exact) mass is 304 g/mol. The van der Waals surface area contributed by atoms with E-state index in [-0.39, 0.29) is 12.5 Å². The van der Waals surface area contributed by atoms with E-state index in [1.165, 1.54) is 6.21 Å². The van der Waals surface area contributed by atoms with Crippen LogP contribution in [0.5, 0.6) is 5.75 Å². The molecule has 5 nitrogen and oxygen atoms in total. The molecule has 2 aromatic rings. The predicted octanol–water partition coefficient (Wildman–Crippen LogP) is 3.13. The van der Waals surface area contributed by atoms with Gasteiger partial charge in [0.1, 0.15) is 11.5 Å². The van der Waals surface area contributed by atoms with Gasteiger partial charge in [-0.05, 0) is 42.5 Å². The van der Waals surface area contributed by atoms with E-state index in [2.05, 4.69) is 10.5 Å². The molecule has 0 bridgehead atoms. The Labute approximate surface area is 126 Å². The summed E-state index contributed by atoms with van der Waals surface area (Å²) in [4.78, 5) is 11.5. The van der Waals surface area contributed by atoms with Gasteiger partial charge in [0.05, 0.1) is 6.26 Å². The molecule has 6 heteroatoms. The number of hydrazone groups is 1. The molecule has 1 aromatic heterocycles. The summed E-state index contributed by atoms with van der Waals surface area (Å²) >= 11 is 5.80. The van der Waals surface area contributed by atoms with E-state index < -0.39 is 0 Å². The second-order valence-electron chi connectivity index (χ2n) is 3.93. The lowest BCUT2D eigenvalue weighted by atomic mass is 10.3. The number of carbonyl (C=O) groups is 1. The molecule has 0 saturated carbocycles. The molecule has 0 saturated heterocycles. The SMILES string of the molecule is O=C(COc1cccc(Cl)c1)N/N=C/C=C/c1ccco1. The number of hydrogen-bond acceptors (Lipinski definition) is 4. The zero-order valence-corrected chi connectivity index (χ0v) is 11.8. The summed E-state index contributed by atoms with van der Waals surface area (Å²) in [6, 6.07) is 10.4. The van der Waals surface area contributed by atoms with Crippen LogP contribution in [-0.4, -0.2) is 18.7 Å². The molecule has 21 heavy (non-hydrogen) atoms. The lowest BCUT2D eigenvalue weighted by Crippen LogP contribution is -2.24. The van der Waals surface area contributed by atoms with Crippen LogP contribution in [0.15, 0.2) is 58.3 Å². The Morgan fingerprint density at radius 2 is 2.29 bits per heavy atom. The molecule has 0 unspecified atom stereocenters. The molecule has 0 aliphatic heterocycles. The highest BCUT2D eigenvalue weighted by Crippen LogP contribution is 2.16. The largest absolute Gasteiger partial charge is 0.484 e. The number of allylic oxidation sites excluding steroid dienone is 1. The van der Waals surface area contributed by atoms with Gasteiger partial charge in [-0.15, -0.1) is 0 Å². The van der Waals surface area contributed by atoms with E-state index in [0.717, 1.165) is 0 Å². The van der Waals surface area contributed by atoms with Crippen molar-refractivity contribution < 1.29 is 13.9 Å². The molecule has 0 aliphatic rings. The molecule has 0 aliphatic carbocycles. The van der Waals surface area contributed by atoms with Crippen LogP contribution >= 0.6 is 11.6 Å². The lowest BCUT2D eigenvalue weighted by Gasteiger charge is -2.04. The van der Waals surface area contributed by atoms with E-state index in [4.69, 9.17) is 20.8 Å². The molecule has 0 atom stereocenters. The Morgan fingerprint density at radius 1 is 1.38 bits per heavy atom. The van der Waals surface area contributed by atoms with Crippen LogP contribution in [0.4, 0.5) is 0 Å². The number of nitrogens with one attached hydrogen (secondary N) is 1. The molecule has 1 amide bonds. The van der Waals surface area contributed by atoms with Gasteiger partial charge in [-0.3, -0.25) is 4.79 Å². The quantitative estimate of drug-likeness (QED) is 0.658. The van der Waals surface area contributed by atoms with Gasteiger partial charge in [-0.1, -0.05) is 17.7 Å². The van der Waals surface area contributed by atoms with Crippen LogP contribution in [0.3, 0.4) is 0 Å². The first-order valence-corrected chi connectivity index (χ1v) is 6.52. The molecular weight excluding hydrogens is 292 g/mol. The first kappa shape index (κ1) is 14.9. The van der Waals surface area contributed by atoms with E-state index in [1.54, 1.807) is 48.7 Å². The average Bonchev–Trinajstić information content (AvgIpc) is 2.98. The van der Waals surface area contributed by atoms with Gasteiger partial charge in [0, 0.05) is 11.2 Å². The third-order valence-electron chi connectivity index (χ3n) is 2.32. The summed E-state index contributed by atoms with van der Waals surface area (Å²) < 4.78 is 10.4. The fraction of sp³-hybridized carbons (Fsp3) is 0.0667. The van der Waals surface area contributed by atoms with Crippen molar-refractivity contribution in [2.45, 2.75) is 0 Å². The molecule has 1 aromatic carbocycles. The second-order valence-corrected chi connectivity index (χ2v) is 4.37. The Hall–Kier alpha value is -2.53. The van der Waals surface area contributed by atoms with Gasteiger partial charge in [0.2, 0.25) is 0 Å². The number of benzene rings is 1. The van der Waals surface area contributed by atoms with E-state index in [1.807, 2.05) is 6.07 Å². The number of ether oxygens (including phenoxy) is 1. The Bertz CT molecular complexity index is 636. The minimum Gasteiger partial charge on any atom is -0.484 e. The highest BCUT2D eigenvalue weighted by atomic mass is 35.5. The second kappa shape index (κ2) is 7.91. The van der Waals surface area contributed by atoms with Crippen molar-refractivity contribution in [1.29, 1.82) is 0 Å². The highest BCUT2D eigenvalue weighted by Gasteiger charge is 2.01. The zero-order valence-electron chi connectivity index (χ0n) is 11.0. The number of carbonyl (C=O) groups excluding carboxylic acids is 1. The van der Waals surface area contributed by atoms with Crippen LogP contribution in [0.2, 0.25) is 5.02 Å². The van der Waals surface area contributed by atoms with Crippen LogP contribution in [0.1, 0.15) is 5.76 Å². The van der Waals surface area contributed by atoms with Gasteiger partial charge < -0.3 is 9.15 Å². The predicted molar refractivity (Wildman–Crippen MR) is 81.3 cm³/mol. The van der Waals surface area contributed by atoms with E-state index in [9.17, 15) is 4.79 Å². The first-order chi connectivity index (χ1) is 10.2. The fourth-order valence-electron chi connectivity index (χ4n) is 1.41. The fourth-order valence-corrected chi connectivity index (χ4v) is 1.59. The number of nitrogens with zero attached hydrogens (tertiary/aromatic N) is 1. The van der Waals surface area contributed by atoms with Crippen LogP contribution < -0.4 is 10.2 Å². The highest BCUT2D eigenvalue weighted by molar-refractivity contribution is 6.30. The number of furan rings is 1. The number of halogens is 1. The summed E-state index contributed by atoms with van der Waals surface area (Å²) in [7, 11) is 0. The third-order valence-corrected chi connectivity index (χ3v) is 2.55. The maximum atomic E-state index is 11.5. The first-order valence-electron chi connectivity index (χ1n) is 6.14. The van der Waals surface area contributed by atoms with E-state index >= 15 is 0 Å².